The molecule has 1 aromatic heterocycles. The van der Waals surface area contributed by atoms with Gasteiger partial charge in [0.1, 0.15) is 22.5 Å². The zero-order valence-electron chi connectivity index (χ0n) is 11.0. The van der Waals surface area contributed by atoms with Gasteiger partial charge in [-0.25, -0.2) is 9.37 Å². The minimum absolute atomic E-state index is 0.135. The Hall–Kier alpha value is -1.93. The summed E-state index contributed by atoms with van der Waals surface area (Å²) in [6.45, 7) is -2.37. The van der Waals surface area contributed by atoms with Crippen LogP contribution in [0.5, 0.6) is 0 Å². The van der Waals surface area contributed by atoms with Crippen LogP contribution in [-0.4, -0.2) is 12.0 Å². The molecule has 5 heteroatoms. The van der Waals surface area contributed by atoms with Crippen LogP contribution < -0.4 is 5.32 Å². The normalized spacial score (nSPS) is 13.4. The average Bonchev–Trinajstić information content (AvgIpc) is 2.70. The number of halogens is 1. The van der Waals surface area contributed by atoms with E-state index >= 15 is 0 Å². The van der Waals surface area contributed by atoms with E-state index in [1.54, 1.807) is 0 Å². The summed E-state index contributed by atoms with van der Waals surface area (Å²) in [5.74, 6) is -0.390. The molecule has 1 heterocycles. The van der Waals surface area contributed by atoms with Crippen molar-refractivity contribution in [3.8, 4) is 17.3 Å². The van der Waals surface area contributed by atoms with Gasteiger partial charge < -0.3 is 5.32 Å². The van der Waals surface area contributed by atoms with E-state index in [4.69, 9.17) is 9.37 Å². The number of benzene rings is 1. The number of aromatic nitrogens is 1. The van der Waals surface area contributed by atoms with E-state index in [2.05, 4.69) is 10.3 Å². The summed E-state index contributed by atoms with van der Waals surface area (Å²) in [7, 11) is 0. The number of nitrogens with zero attached hydrogens (tertiary/aromatic N) is 2. The molecule has 0 aliphatic heterocycles. The molecule has 0 spiro atoms. The van der Waals surface area contributed by atoms with Crippen molar-refractivity contribution in [2.24, 2.45) is 0 Å². The highest BCUT2D eigenvalue weighted by molar-refractivity contribution is 7.16. The van der Waals surface area contributed by atoms with Crippen molar-refractivity contribution in [2.45, 2.75) is 0 Å². The smallest absolute Gasteiger partial charge is 0.184 e. The van der Waals surface area contributed by atoms with Gasteiger partial charge in [-0.3, -0.25) is 0 Å². The Morgan fingerprint density at radius 3 is 2.88 bits per heavy atom. The Bertz CT molecular complexity index is 628. The molecule has 0 bridgehead atoms. The predicted octanol–water partition coefficient (Wildman–Crippen LogP) is 2.86. The molecule has 0 fully saturated rings. The molecule has 0 saturated carbocycles. The fraction of sp³-hybridized carbons (Fsp3) is 0.0909. The van der Waals surface area contributed by atoms with E-state index in [0.29, 0.717) is 11.3 Å². The van der Waals surface area contributed by atoms with Crippen LogP contribution in [0.15, 0.2) is 24.3 Å². The van der Waals surface area contributed by atoms with Crippen LogP contribution >= 0.6 is 11.3 Å². The topological polar surface area (TPSA) is 48.7 Å². The first kappa shape index (κ1) is 7.36. The number of hydrogen-bond donors (Lipinski definition) is 1. The minimum atomic E-state index is -2.37. The molecule has 1 aromatic carbocycles. The number of nitriles is 1. The highest BCUT2D eigenvalue weighted by Crippen LogP contribution is 2.30. The van der Waals surface area contributed by atoms with Crippen LogP contribution in [0.1, 0.15) is 8.99 Å². The van der Waals surface area contributed by atoms with Crippen molar-refractivity contribution in [1.29, 1.82) is 5.26 Å². The monoisotopic (exact) mass is 236 g/mol. The Labute approximate surface area is 100 Å². The summed E-state index contributed by atoms with van der Waals surface area (Å²) in [5, 5.41) is 11.4. The number of nitrogens with one attached hydrogen (secondary N) is 1. The van der Waals surface area contributed by atoms with E-state index in [-0.39, 0.29) is 10.0 Å². The number of rotatable bonds is 2. The predicted molar refractivity (Wildman–Crippen MR) is 61.8 cm³/mol. The molecule has 80 valence electrons. The second kappa shape index (κ2) is 4.29. The first-order valence-electron chi connectivity index (χ1n) is 5.84. The summed E-state index contributed by atoms with van der Waals surface area (Å²) in [6, 6.07) is 7.45. The Morgan fingerprint density at radius 2 is 2.25 bits per heavy atom. The van der Waals surface area contributed by atoms with Gasteiger partial charge in [0, 0.05) is 16.7 Å². The Kier molecular flexibility index (Phi) is 1.97. The first-order valence-corrected chi connectivity index (χ1v) is 5.16. The van der Waals surface area contributed by atoms with Crippen molar-refractivity contribution in [1.82, 2.24) is 4.98 Å². The molecular weight excluding hydrogens is 225 g/mol. The lowest BCUT2D eigenvalue weighted by atomic mass is 10.1. The van der Waals surface area contributed by atoms with Crippen molar-refractivity contribution >= 4 is 16.5 Å². The van der Waals surface area contributed by atoms with Gasteiger partial charge in [0.25, 0.3) is 0 Å². The zero-order chi connectivity index (χ0) is 14.0. The zero-order valence-corrected chi connectivity index (χ0v) is 8.81. The lowest BCUT2D eigenvalue weighted by Gasteiger charge is -1.96. The van der Waals surface area contributed by atoms with Crippen LogP contribution in [0, 0.1) is 17.1 Å². The van der Waals surface area contributed by atoms with Crippen molar-refractivity contribution in [3.63, 3.8) is 0 Å². The van der Waals surface area contributed by atoms with Crippen molar-refractivity contribution < 1.29 is 8.50 Å². The molecule has 0 saturated heterocycles. The third-order valence-electron chi connectivity index (χ3n) is 1.95. The summed E-state index contributed by atoms with van der Waals surface area (Å²) in [6.07, 6.45) is 0. The van der Waals surface area contributed by atoms with Gasteiger partial charge in [-0.1, -0.05) is 11.3 Å². The lowest BCUT2D eigenvalue weighted by Crippen LogP contribution is -1.86. The maximum atomic E-state index is 12.8. The Morgan fingerprint density at radius 1 is 1.50 bits per heavy atom. The molecule has 0 aliphatic carbocycles. The lowest BCUT2D eigenvalue weighted by molar-refractivity contribution is 0.628. The molecule has 0 unspecified atom stereocenters. The van der Waals surface area contributed by atoms with E-state index in [1.807, 2.05) is 6.07 Å². The van der Waals surface area contributed by atoms with Gasteiger partial charge in [0.05, 0.1) is 0 Å². The van der Waals surface area contributed by atoms with Crippen LogP contribution in [0.2, 0.25) is 0 Å². The van der Waals surface area contributed by atoms with Gasteiger partial charge in [0.2, 0.25) is 0 Å². The molecule has 3 nitrogen and oxygen atoms in total. The first-order chi connectivity index (χ1) is 8.89. The third-order valence-corrected chi connectivity index (χ3v) is 2.83. The molecule has 0 atom stereocenters. The summed E-state index contributed by atoms with van der Waals surface area (Å²) in [5.41, 5.74) is 0.909. The van der Waals surface area contributed by atoms with Gasteiger partial charge in [-0.05, 0) is 24.3 Å². The Balaban J connectivity index is 2.41. The van der Waals surface area contributed by atoms with Gasteiger partial charge in [0.15, 0.2) is 5.13 Å². The van der Waals surface area contributed by atoms with Gasteiger partial charge in [-0.15, -0.1) is 0 Å². The SMILES string of the molecule is [2H]C([2H])([2H])Nc1nc(-c2ccc(F)cc2)c(C#N)s1. The highest BCUT2D eigenvalue weighted by Gasteiger charge is 2.11. The molecule has 2 rings (SSSR count). The molecule has 16 heavy (non-hydrogen) atoms. The molecule has 0 aliphatic rings. The molecule has 2 aromatic rings. The average molecular weight is 236 g/mol. The standard InChI is InChI=1S/C11H8FN3S/c1-14-11-15-10(9(6-13)16-11)7-2-4-8(12)5-3-7/h2-5H,1H3,(H,14,15)/i1D3. The van der Waals surface area contributed by atoms with Crippen LogP contribution in [0.4, 0.5) is 9.52 Å². The fourth-order valence-corrected chi connectivity index (χ4v) is 1.94. The second-order valence-corrected chi connectivity index (χ2v) is 3.94. The summed E-state index contributed by atoms with van der Waals surface area (Å²) in [4.78, 5) is 4.35. The van der Waals surface area contributed by atoms with Crippen molar-refractivity contribution in [3.05, 3.63) is 35.0 Å². The maximum absolute atomic E-state index is 12.8. The summed E-state index contributed by atoms with van der Waals surface area (Å²) < 4.78 is 34.1. The minimum Gasteiger partial charge on any atom is -0.365 e. The molecule has 0 radical (unpaired) electrons. The number of hydrogen-bond acceptors (Lipinski definition) is 4. The van der Waals surface area contributed by atoms with E-state index in [9.17, 15) is 4.39 Å². The van der Waals surface area contributed by atoms with Gasteiger partial charge in [-0.2, -0.15) is 5.26 Å². The largest absolute Gasteiger partial charge is 0.365 e. The molecular formula is C11H8FN3S. The molecule has 1 N–H and O–H groups in total. The maximum Gasteiger partial charge on any atom is 0.184 e. The summed E-state index contributed by atoms with van der Waals surface area (Å²) >= 11 is 0.948. The number of thiazole rings is 1. The third kappa shape index (κ3) is 1.88. The molecule has 0 amide bonds. The van der Waals surface area contributed by atoms with E-state index in [0.717, 1.165) is 11.3 Å². The van der Waals surface area contributed by atoms with Gasteiger partial charge >= 0.3 is 0 Å². The van der Waals surface area contributed by atoms with Crippen LogP contribution in [0.3, 0.4) is 0 Å². The van der Waals surface area contributed by atoms with E-state index in [1.165, 1.54) is 24.3 Å². The number of anilines is 1. The quantitative estimate of drug-likeness (QED) is 0.872. The van der Waals surface area contributed by atoms with Crippen LogP contribution in [-0.2, 0) is 0 Å². The fourth-order valence-electron chi connectivity index (χ4n) is 1.25. The highest BCUT2D eigenvalue weighted by atomic mass is 32.1. The second-order valence-electron chi connectivity index (χ2n) is 2.94. The van der Waals surface area contributed by atoms with Crippen LogP contribution in [0.25, 0.3) is 11.3 Å². The van der Waals surface area contributed by atoms with Crippen molar-refractivity contribution in [2.75, 3.05) is 12.3 Å². The van der Waals surface area contributed by atoms with E-state index < -0.39 is 12.8 Å².